The van der Waals surface area contributed by atoms with Crippen molar-refractivity contribution in [2.75, 3.05) is 55.4 Å². The summed E-state index contributed by atoms with van der Waals surface area (Å²) < 4.78 is 11.7. The minimum absolute atomic E-state index is 0.0162. The van der Waals surface area contributed by atoms with Crippen LogP contribution in [0, 0.1) is 0 Å². The molecule has 2 amide bonds. The predicted molar refractivity (Wildman–Crippen MR) is 140 cm³/mol. The third-order valence-corrected chi connectivity index (χ3v) is 6.61. The second-order valence-electron chi connectivity index (χ2n) is 9.15. The van der Waals surface area contributed by atoms with Crippen molar-refractivity contribution in [3.8, 4) is 11.5 Å². The summed E-state index contributed by atoms with van der Waals surface area (Å²) >= 11 is 0. The van der Waals surface area contributed by atoms with Gasteiger partial charge in [0.25, 0.3) is 0 Å². The maximum atomic E-state index is 12.2. The number of ether oxygens (including phenoxy) is 2. The van der Waals surface area contributed by atoms with E-state index in [1.807, 2.05) is 37.3 Å². The molecule has 0 radical (unpaired) electrons. The first-order chi connectivity index (χ1) is 17.5. The number of aliphatic hydroxyl groups excluding tert-OH is 1. The van der Waals surface area contributed by atoms with Gasteiger partial charge in [-0.1, -0.05) is 19.1 Å². The maximum absolute atomic E-state index is 12.2. The van der Waals surface area contributed by atoms with Crippen molar-refractivity contribution in [1.82, 2.24) is 4.90 Å². The van der Waals surface area contributed by atoms with Gasteiger partial charge in [0.1, 0.15) is 17.7 Å². The second-order valence-corrected chi connectivity index (χ2v) is 9.15. The first kappa shape index (κ1) is 25.8. The molecule has 4 rings (SSSR count). The number of para-hydroxylation sites is 2. The Morgan fingerprint density at radius 1 is 1.19 bits per heavy atom. The van der Waals surface area contributed by atoms with Crippen molar-refractivity contribution in [2.24, 2.45) is 0 Å². The molecule has 0 bridgehead atoms. The Labute approximate surface area is 212 Å². The van der Waals surface area contributed by atoms with Crippen LogP contribution >= 0.6 is 0 Å². The van der Waals surface area contributed by atoms with Gasteiger partial charge in [0.15, 0.2) is 0 Å². The number of nitrogens with zero attached hydrogens (tertiary/aromatic N) is 2. The Kier molecular flexibility index (Phi) is 8.66. The zero-order valence-electron chi connectivity index (χ0n) is 21.1. The van der Waals surface area contributed by atoms with Crippen molar-refractivity contribution in [3.05, 3.63) is 42.0 Å². The summed E-state index contributed by atoms with van der Waals surface area (Å²) in [5.41, 5.74) is 3.27. The lowest BCUT2D eigenvalue weighted by atomic mass is 10.0. The average molecular weight is 497 g/mol. The summed E-state index contributed by atoms with van der Waals surface area (Å²) in [6.07, 6.45) is 2.27. The number of aliphatic hydroxyl groups is 1. The molecule has 1 unspecified atom stereocenters. The summed E-state index contributed by atoms with van der Waals surface area (Å²) in [7, 11) is 1.66. The highest BCUT2D eigenvalue weighted by Crippen LogP contribution is 2.38. The number of fused-ring (bicyclic) bond motifs is 1. The summed E-state index contributed by atoms with van der Waals surface area (Å²) in [6, 6.07) is 11.5. The normalized spacial score (nSPS) is 17.8. The number of β-amino-alcohol motifs (C(OH)–C–C–N with tert-alkyl or cyclic N) is 1. The van der Waals surface area contributed by atoms with Gasteiger partial charge in [-0.15, -0.1) is 0 Å². The quantitative estimate of drug-likeness (QED) is 0.434. The van der Waals surface area contributed by atoms with E-state index in [0.29, 0.717) is 56.8 Å². The number of piperazine rings is 1. The molecule has 2 aliphatic heterocycles. The Hall–Kier alpha value is -3.30. The van der Waals surface area contributed by atoms with Gasteiger partial charge in [0, 0.05) is 43.7 Å². The number of nitrogens with one attached hydrogen (secondary N) is 2. The van der Waals surface area contributed by atoms with E-state index in [2.05, 4.69) is 20.4 Å². The molecule has 1 fully saturated rings. The van der Waals surface area contributed by atoms with E-state index >= 15 is 0 Å². The summed E-state index contributed by atoms with van der Waals surface area (Å²) in [4.78, 5) is 28.3. The molecule has 1 atom stereocenters. The van der Waals surface area contributed by atoms with E-state index in [4.69, 9.17) is 9.47 Å². The Bertz CT molecular complexity index is 1080. The van der Waals surface area contributed by atoms with Gasteiger partial charge in [-0.2, -0.15) is 0 Å². The summed E-state index contributed by atoms with van der Waals surface area (Å²) in [5.74, 6) is 1.35. The molecule has 36 heavy (non-hydrogen) atoms. The van der Waals surface area contributed by atoms with Crippen LogP contribution in [0.25, 0.3) is 0 Å². The average Bonchev–Trinajstić information content (AvgIpc) is 2.88. The third-order valence-electron chi connectivity index (χ3n) is 6.61. The molecule has 0 aliphatic carbocycles. The van der Waals surface area contributed by atoms with Crippen LogP contribution in [0.3, 0.4) is 0 Å². The number of rotatable bonds is 10. The predicted octanol–water partition coefficient (Wildman–Crippen LogP) is 3.23. The van der Waals surface area contributed by atoms with E-state index in [0.717, 1.165) is 42.2 Å². The molecule has 0 aromatic heterocycles. The lowest BCUT2D eigenvalue weighted by molar-refractivity contribution is -0.117. The lowest BCUT2D eigenvalue weighted by Gasteiger charge is -2.40. The third kappa shape index (κ3) is 6.09. The standard InChI is InChI=1S/C27H36N4O5/c1-3-7-24(32)29-21-12-11-20-19(10-13-25(33)28-20)27(21)36-17-6-14-30-15-16-31(18-26(30)34)22-8-4-5-9-23(22)35-2/h4-5,8-9,11-12,26,34H,3,6-7,10,13-18H2,1-2H3,(H,28,33)(H,29,32). The molecule has 2 aromatic carbocycles. The molecule has 2 aromatic rings. The van der Waals surface area contributed by atoms with Crippen LogP contribution < -0.4 is 25.0 Å². The lowest BCUT2D eigenvalue weighted by Crippen LogP contribution is -2.53. The highest BCUT2D eigenvalue weighted by molar-refractivity contribution is 5.97. The van der Waals surface area contributed by atoms with Crippen molar-refractivity contribution in [1.29, 1.82) is 0 Å². The highest BCUT2D eigenvalue weighted by Gasteiger charge is 2.27. The number of carbonyl (C=O) groups is 2. The smallest absolute Gasteiger partial charge is 0.224 e. The van der Waals surface area contributed by atoms with Crippen LogP contribution in [0.2, 0.25) is 0 Å². The number of anilines is 3. The highest BCUT2D eigenvalue weighted by atomic mass is 16.5. The fourth-order valence-electron chi connectivity index (χ4n) is 4.76. The Balaban J connectivity index is 1.35. The van der Waals surface area contributed by atoms with Gasteiger partial charge in [0.05, 0.1) is 31.6 Å². The zero-order valence-corrected chi connectivity index (χ0v) is 21.1. The maximum Gasteiger partial charge on any atom is 0.224 e. The Morgan fingerprint density at radius 3 is 2.81 bits per heavy atom. The van der Waals surface area contributed by atoms with E-state index in [9.17, 15) is 14.7 Å². The number of hydrogen-bond donors (Lipinski definition) is 3. The summed E-state index contributed by atoms with van der Waals surface area (Å²) in [6.45, 7) is 5.09. The van der Waals surface area contributed by atoms with Crippen LogP contribution in [0.4, 0.5) is 17.1 Å². The molecule has 2 heterocycles. The van der Waals surface area contributed by atoms with E-state index < -0.39 is 6.23 Å². The van der Waals surface area contributed by atoms with Crippen molar-refractivity contribution < 1.29 is 24.2 Å². The van der Waals surface area contributed by atoms with Gasteiger partial charge in [-0.25, -0.2) is 0 Å². The largest absolute Gasteiger partial charge is 0.495 e. The minimum atomic E-state index is -0.591. The van der Waals surface area contributed by atoms with E-state index in [1.54, 1.807) is 13.2 Å². The van der Waals surface area contributed by atoms with Gasteiger partial charge in [0.2, 0.25) is 11.8 Å². The molecule has 2 aliphatic rings. The molecule has 9 nitrogen and oxygen atoms in total. The SMILES string of the molecule is CCCC(=O)Nc1ccc2c(c1OCCCN1CCN(c3ccccc3OC)CC1O)CCC(=O)N2. The molecule has 194 valence electrons. The molecule has 1 saturated heterocycles. The minimum Gasteiger partial charge on any atom is -0.495 e. The molecule has 9 heteroatoms. The van der Waals surface area contributed by atoms with Crippen molar-refractivity contribution in [3.63, 3.8) is 0 Å². The van der Waals surface area contributed by atoms with Gasteiger partial charge < -0.3 is 30.1 Å². The van der Waals surface area contributed by atoms with Gasteiger partial charge >= 0.3 is 0 Å². The van der Waals surface area contributed by atoms with Crippen LogP contribution in [0.1, 0.15) is 38.2 Å². The fraction of sp³-hybridized carbons (Fsp3) is 0.481. The molecular formula is C27H36N4O5. The van der Waals surface area contributed by atoms with Gasteiger partial charge in [-0.05, 0) is 43.5 Å². The summed E-state index contributed by atoms with van der Waals surface area (Å²) in [5, 5.41) is 16.6. The Morgan fingerprint density at radius 2 is 2.03 bits per heavy atom. The van der Waals surface area contributed by atoms with Crippen LogP contribution in [-0.2, 0) is 16.0 Å². The molecule has 0 saturated carbocycles. The topological polar surface area (TPSA) is 103 Å². The number of benzene rings is 2. The zero-order chi connectivity index (χ0) is 25.5. The first-order valence-electron chi connectivity index (χ1n) is 12.7. The van der Waals surface area contributed by atoms with Crippen LogP contribution in [0.15, 0.2) is 36.4 Å². The van der Waals surface area contributed by atoms with Gasteiger partial charge in [-0.3, -0.25) is 14.5 Å². The number of carbonyl (C=O) groups excluding carboxylic acids is 2. The first-order valence-corrected chi connectivity index (χ1v) is 12.7. The van der Waals surface area contributed by atoms with Crippen LogP contribution in [0.5, 0.6) is 11.5 Å². The molecule has 0 spiro atoms. The van der Waals surface area contributed by atoms with E-state index in [1.165, 1.54) is 0 Å². The second kappa shape index (κ2) is 12.1. The number of amides is 2. The number of hydrogen-bond acceptors (Lipinski definition) is 7. The monoisotopic (exact) mass is 496 g/mol. The molecule has 3 N–H and O–H groups in total. The van der Waals surface area contributed by atoms with Crippen molar-refractivity contribution >= 4 is 28.9 Å². The molecular weight excluding hydrogens is 460 g/mol. The van der Waals surface area contributed by atoms with Crippen LogP contribution in [-0.4, -0.2) is 67.9 Å². The van der Waals surface area contributed by atoms with E-state index in [-0.39, 0.29) is 11.8 Å². The van der Waals surface area contributed by atoms with Crippen molar-refractivity contribution in [2.45, 2.75) is 45.3 Å². The number of methoxy groups -OCH3 is 1. The fourth-order valence-corrected chi connectivity index (χ4v) is 4.76.